The van der Waals surface area contributed by atoms with Crippen molar-refractivity contribution in [1.82, 2.24) is 10.3 Å². The summed E-state index contributed by atoms with van der Waals surface area (Å²) in [5.41, 5.74) is 1.17. The summed E-state index contributed by atoms with van der Waals surface area (Å²) in [6, 6.07) is 4.38. The average molecular weight is 188 g/mol. The Morgan fingerprint density at radius 2 is 2.43 bits per heavy atom. The second-order valence-corrected chi connectivity index (χ2v) is 3.30. The molecule has 2 nitrogen and oxygen atoms in total. The monoisotopic (exact) mass is 188 g/mol. The summed E-state index contributed by atoms with van der Waals surface area (Å²) in [5, 5.41) is 3.36. The number of hydrogen-bond acceptors (Lipinski definition) is 2. The highest BCUT2D eigenvalue weighted by molar-refractivity contribution is 5.14. The number of pyridine rings is 1. The Hall–Kier alpha value is -1.33. The first-order chi connectivity index (χ1) is 6.77. The zero-order valence-electron chi connectivity index (χ0n) is 8.70. The van der Waals surface area contributed by atoms with Crippen molar-refractivity contribution in [3.05, 3.63) is 30.1 Å². The first-order valence-corrected chi connectivity index (χ1v) is 4.90. The Morgan fingerprint density at radius 3 is 2.93 bits per heavy atom. The second-order valence-electron chi connectivity index (χ2n) is 3.30. The Kier molecular flexibility index (Phi) is 4.15. The van der Waals surface area contributed by atoms with Crippen LogP contribution in [-0.4, -0.2) is 11.0 Å². The summed E-state index contributed by atoms with van der Waals surface area (Å²) in [5.74, 6) is 2.72. The van der Waals surface area contributed by atoms with Gasteiger partial charge in [-0.1, -0.05) is 18.9 Å². The van der Waals surface area contributed by atoms with Gasteiger partial charge in [-0.05, 0) is 25.0 Å². The molecule has 0 aliphatic heterocycles. The van der Waals surface area contributed by atoms with Crippen LogP contribution in [0.3, 0.4) is 0 Å². The van der Waals surface area contributed by atoms with E-state index in [9.17, 15) is 0 Å². The molecule has 2 heteroatoms. The van der Waals surface area contributed by atoms with E-state index < -0.39 is 0 Å². The SMILES string of the molecule is C#CC(CC)N[C@H](C)c1cccnc1. The Labute approximate surface area is 85.8 Å². The lowest BCUT2D eigenvalue weighted by Crippen LogP contribution is -2.29. The maximum atomic E-state index is 5.38. The molecule has 0 bridgehead atoms. The molecule has 0 radical (unpaired) electrons. The van der Waals surface area contributed by atoms with Gasteiger partial charge in [0.2, 0.25) is 0 Å². The minimum Gasteiger partial charge on any atom is -0.297 e. The molecule has 0 amide bonds. The van der Waals surface area contributed by atoms with Crippen LogP contribution in [0.4, 0.5) is 0 Å². The summed E-state index contributed by atoms with van der Waals surface area (Å²) >= 11 is 0. The highest BCUT2D eigenvalue weighted by Crippen LogP contribution is 2.11. The summed E-state index contributed by atoms with van der Waals surface area (Å²) in [6.07, 6.45) is 9.96. The second kappa shape index (κ2) is 5.41. The number of nitrogens with one attached hydrogen (secondary N) is 1. The highest BCUT2D eigenvalue weighted by atomic mass is 14.9. The molecular formula is C12H16N2. The molecular weight excluding hydrogens is 172 g/mol. The molecule has 2 atom stereocenters. The number of nitrogens with zero attached hydrogens (tertiary/aromatic N) is 1. The third-order valence-electron chi connectivity index (χ3n) is 2.25. The summed E-state index contributed by atoms with van der Waals surface area (Å²) in [6.45, 7) is 4.17. The minimum atomic E-state index is 0.144. The zero-order valence-corrected chi connectivity index (χ0v) is 8.70. The molecule has 14 heavy (non-hydrogen) atoms. The maximum Gasteiger partial charge on any atom is 0.0688 e. The molecule has 0 spiro atoms. The molecule has 0 aliphatic rings. The molecule has 0 saturated carbocycles. The fourth-order valence-corrected chi connectivity index (χ4v) is 1.31. The highest BCUT2D eigenvalue weighted by Gasteiger charge is 2.08. The van der Waals surface area contributed by atoms with Crippen molar-refractivity contribution in [3.63, 3.8) is 0 Å². The standard InChI is InChI=1S/C12H16N2/c1-4-12(5-2)14-10(3)11-7-6-8-13-9-11/h1,6-10,12,14H,5H2,2-3H3/t10-,12?/m1/s1. The first kappa shape index (κ1) is 10.7. The van der Waals surface area contributed by atoms with Gasteiger partial charge >= 0.3 is 0 Å². The van der Waals surface area contributed by atoms with Crippen LogP contribution in [0.25, 0.3) is 0 Å². The van der Waals surface area contributed by atoms with E-state index in [4.69, 9.17) is 6.42 Å². The van der Waals surface area contributed by atoms with Gasteiger partial charge in [0.05, 0.1) is 6.04 Å². The van der Waals surface area contributed by atoms with Crippen LogP contribution in [0.2, 0.25) is 0 Å². The molecule has 74 valence electrons. The number of hydrogen-bond donors (Lipinski definition) is 1. The Balaban J connectivity index is 2.59. The van der Waals surface area contributed by atoms with E-state index in [0.29, 0.717) is 0 Å². The van der Waals surface area contributed by atoms with Crippen LogP contribution in [0.1, 0.15) is 31.9 Å². The van der Waals surface area contributed by atoms with Crippen molar-refractivity contribution in [1.29, 1.82) is 0 Å². The lowest BCUT2D eigenvalue weighted by Gasteiger charge is -2.17. The Bertz CT molecular complexity index is 300. The molecule has 1 heterocycles. The van der Waals surface area contributed by atoms with Crippen LogP contribution < -0.4 is 5.32 Å². The van der Waals surface area contributed by atoms with Crippen LogP contribution in [0.15, 0.2) is 24.5 Å². The van der Waals surface area contributed by atoms with Gasteiger partial charge in [0.1, 0.15) is 0 Å². The molecule has 1 rings (SSSR count). The largest absolute Gasteiger partial charge is 0.297 e. The quantitative estimate of drug-likeness (QED) is 0.732. The molecule has 0 aliphatic carbocycles. The predicted molar refractivity (Wildman–Crippen MR) is 58.7 cm³/mol. The van der Waals surface area contributed by atoms with Crippen molar-refractivity contribution < 1.29 is 0 Å². The fraction of sp³-hybridized carbons (Fsp3) is 0.417. The van der Waals surface area contributed by atoms with Gasteiger partial charge in [-0.2, -0.15) is 0 Å². The van der Waals surface area contributed by atoms with Crippen molar-refractivity contribution in [2.24, 2.45) is 0 Å². The van der Waals surface area contributed by atoms with Crippen LogP contribution >= 0.6 is 0 Å². The normalized spacial score (nSPS) is 14.4. The zero-order chi connectivity index (χ0) is 10.4. The lowest BCUT2D eigenvalue weighted by molar-refractivity contribution is 0.511. The third kappa shape index (κ3) is 2.86. The summed E-state index contributed by atoms with van der Waals surface area (Å²) in [4.78, 5) is 4.07. The van der Waals surface area contributed by atoms with Crippen LogP contribution in [-0.2, 0) is 0 Å². The average Bonchev–Trinajstić information content (AvgIpc) is 2.26. The number of terminal acetylenes is 1. The molecule has 1 unspecified atom stereocenters. The van der Waals surface area contributed by atoms with Gasteiger partial charge in [0.15, 0.2) is 0 Å². The van der Waals surface area contributed by atoms with E-state index in [1.165, 1.54) is 5.56 Å². The smallest absolute Gasteiger partial charge is 0.0688 e. The van der Waals surface area contributed by atoms with Crippen molar-refractivity contribution >= 4 is 0 Å². The lowest BCUT2D eigenvalue weighted by atomic mass is 10.1. The van der Waals surface area contributed by atoms with E-state index in [1.54, 1.807) is 6.20 Å². The number of rotatable bonds is 4. The van der Waals surface area contributed by atoms with Gasteiger partial charge in [0.25, 0.3) is 0 Å². The van der Waals surface area contributed by atoms with E-state index in [1.807, 2.05) is 18.3 Å². The van der Waals surface area contributed by atoms with E-state index in [2.05, 4.69) is 30.1 Å². The minimum absolute atomic E-state index is 0.144. The van der Waals surface area contributed by atoms with Gasteiger partial charge in [-0.3, -0.25) is 10.3 Å². The van der Waals surface area contributed by atoms with Gasteiger partial charge in [-0.25, -0.2) is 0 Å². The molecule has 1 N–H and O–H groups in total. The van der Waals surface area contributed by atoms with Crippen LogP contribution in [0.5, 0.6) is 0 Å². The molecule has 0 saturated heterocycles. The van der Waals surface area contributed by atoms with Gasteiger partial charge < -0.3 is 0 Å². The first-order valence-electron chi connectivity index (χ1n) is 4.90. The molecule has 1 aromatic heterocycles. The topological polar surface area (TPSA) is 24.9 Å². The Morgan fingerprint density at radius 1 is 1.64 bits per heavy atom. The van der Waals surface area contributed by atoms with Crippen molar-refractivity contribution in [2.45, 2.75) is 32.4 Å². The fourth-order valence-electron chi connectivity index (χ4n) is 1.31. The van der Waals surface area contributed by atoms with E-state index in [0.717, 1.165) is 6.42 Å². The van der Waals surface area contributed by atoms with E-state index in [-0.39, 0.29) is 12.1 Å². The van der Waals surface area contributed by atoms with Gasteiger partial charge in [-0.15, -0.1) is 6.42 Å². The van der Waals surface area contributed by atoms with Crippen molar-refractivity contribution in [2.75, 3.05) is 0 Å². The summed E-state index contributed by atoms with van der Waals surface area (Å²) in [7, 11) is 0. The van der Waals surface area contributed by atoms with Gasteiger partial charge in [0, 0.05) is 18.4 Å². The number of aromatic nitrogens is 1. The van der Waals surface area contributed by atoms with E-state index >= 15 is 0 Å². The molecule has 0 fully saturated rings. The predicted octanol–water partition coefficient (Wildman–Crippen LogP) is 2.14. The van der Waals surface area contributed by atoms with Crippen molar-refractivity contribution in [3.8, 4) is 12.3 Å². The molecule has 0 aromatic carbocycles. The summed E-state index contributed by atoms with van der Waals surface area (Å²) < 4.78 is 0. The third-order valence-corrected chi connectivity index (χ3v) is 2.25. The van der Waals surface area contributed by atoms with Crippen LogP contribution in [0, 0.1) is 12.3 Å². The maximum absolute atomic E-state index is 5.38. The molecule has 1 aromatic rings.